The number of aryl methyl sites for hydroxylation is 1. The van der Waals surface area contributed by atoms with Crippen LogP contribution in [-0.2, 0) is 12.8 Å². The summed E-state index contributed by atoms with van der Waals surface area (Å²) in [6, 6.07) is 13.0. The minimum Gasteiger partial charge on any atom is -0.388 e. The zero-order chi connectivity index (χ0) is 12.8. The highest BCUT2D eigenvalue weighted by atomic mass is 16.3. The second kappa shape index (κ2) is 4.07. The van der Waals surface area contributed by atoms with Crippen molar-refractivity contribution in [3.05, 3.63) is 64.7 Å². The maximum absolute atomic E-state index is 10.3. The largest absolute Gasteiger partial charge is 0.388 e. The Morgan fingerprint density at radius 3 is 2.79 bits per heavy atom. The van der Waals surface area contributed by atoms with E-state index in [1.165, 1.54) is 27.8 Å². The van der Waals surface area contributed by atoms with Crippen LogP contribution in [-0.4, -0.2) is 5.11 Å². The molecule has 0 aromatic heterocycles. The summed E-state index contributed by atoms with van der Waals surface area (Å²) in [5.74, 6) is 0. The van der Waals surface area contributed by atoms with E-state index in [-0.39, 0.29) is 6.10 Å². The Morgan fingerprint density at radius 2 is 1.84 bits per heavy atom. The Hall–Kier alpha value is -1.86. The van der Waals surface area contributed by atoms with Gasteiger partial charge in [-0.2, -0.15) is 0 Å². The minimum absolute atomic E-state index is 0.333. The highest BCUT2D eigenvalue weighted by Crippen LogP contribution is 2.40. The minimum atomic E-state index is -0.333. The first-order chi connectivity index (χ1) is 9.34. The first-order valence-electron chi connectivity index (χ1n) is 6.93. The molecule has 2 aromatic carbocycles. The average Bonchev–Trinajstić information content (AvgIpc) is 2.46. The van der Waals surface area contributed by atoms with Crippen molar-refractivity contribution in [3.63, 3.8) is 0 Å². The average molecular weight is 248 g/mol. The topological polar surface area (TPSA) is 20.2 Å². The van der Waals surface area contributed by atoms with Crippen molar-refractivity contribution in [2.45, 2.75) is 25.4 Å². The number of rotatable bonds is 0. The molecule has 0 bridgehead atoms. The maximum atomic E-state index is 10.3. The molecule has 1 heteroatoms. The molecule has 0 amide bonds. The second-order valence-corrected chi connectivity index (χ2v) is 5.41. The zero-order valence-corrected chi connectivity index (χ0v) is 10.8. The van der Waals surface area contributed by atoms with Gasteiger partial charge in [-0.05, 0) is 52.6 Å². The third-order valence-corrected chi connectivity index (χ3v) is 4.33. The lowest BCUT2D eigenvalue weighted by atomic mass is 9.79. The van der Waals surface area contributed by atoms with Gasteiger partial charge in [-0.1, -0.05) is 48.6 Å². The fourth-order valence-corrected chi connectivity index (χ4v) is 3.45. The molecule has 0 fully saturated rings. The van der Waals surface area contributed by atoms with Crippen molar-refractivity contribution in [2.24, 2.45) is 0 Å². The van der Waals surface area contributed by atoms with Crippen LogP contribution in [0, 0.1) is 0 Å². The number of benzene rings is 2. The van der Waals surface area contributed by atoms with Crippen LogP contribution in [0.1, 0.15) is 34.8 Å². The van der Waals surface area contributed by atoms with Gasteiger partial charge in [-0.25, -0.2) is 0 Å². The van der Waals surface area contributed by atoms with Crippen molar-refractivity contribution in [1.29, 1.82) is 0 Å². The van der Waals surface area contributed by atoms with E-state index < -0.39 is 0 Å². The lowest BCUT2D eigenvalue weighted by molar-refractivity contribution is 0.179. The van der Waals surface area contributed by atoms with Crippen LogP contribution in [0.2, 0.25) is 0 Å². The molecule has 94 valence electrons. The van der Waals surface area contributed by atoms with Crippen LogP contribution in [0.3, 0.4) is 0 Å². The van der Waals surface area contributed by atoms with Crippen LogP contribution in [0.4, 0.5) is 0 Å². The van der Waals surface area contributed by atoms with E-state index >= 15 is 0 Å². The molecule has 2 aromatic rings. The molecule has 1 atom stereocenters. The molecule has 1 nitrogen and oxygen atoms in total. The normalized spacial score (nSPS) is 19.5. The molecule has 1 unspecified atom stereocenters. The van der Waals surface area contributed by atoms with Gasteiger partial charge in [0.25, 0.3) is 0 Å². The number of hydrogen-bond donors (Lipinski definition) is 1. The lowest BCUT2D eigenvalue weighted by Gasteiger charge is -2.27. The van der Waals surface area contributed by atoms with E-state index in [0.29, 0.717) is 0 Å². The van der Waals surface area contributed by atoms with Gasteiger partial charge < -0.3 is 5.11 Å². The summed E-state index contributed by atoms with van der Waals surface area (Å²) >= 11 is 0. The van der Waals surface area contributed by atoms with Gasteiger partial charge in [0.1, 0.15) is 0 Å². The molecule has 0 saturated heterocycles. The molecule has 0 aliphatic heterocycles. The molecule has 1 N–H and O–H groups in total. The Morgan fingerprint density at radius 1 is 0.947 bits per heavy atom. The summed E-state index contributed by atoms with van der Waals surface area (Å²) in [5, 5.41) is 10.3. The number of fused-ring (bicyclic) bond motifs is 5. The summed E-state index contributed by atoms with van der Waals surface area (Å²) in [6.07, 6.45) is 6.74. The summed E-state index contributed by atoms with van der Waals surface area (Å²) in [5.41, 5.74) is 7.79. The third kappa shape index (κ3) is 1.58. The van der Waals surface area contributed by atoms with Gasteiger partial charge in [0.15, 0.2) is 0 Å². The SMILES string of the molecule is OC1CC=Cc2ccc3c(c21)CCc1ccccc1-3. The summed E-state index contributed by atoms with van der Waals surface area (Å²) in [4.78, 5) is 0. The van der Waals surface area contributed by atoms with Crippen molar-refractivity contribution in [1.82, 2.24) is 0 Å². The van der Waals surface area contributed by atoms with E-state index in [0.717, 1.165) is 24.8 Å². The molecular formula is C18H16O. The Kier molecular flexibility index (Phi) is 2.36. The Bertz CT molecular complexity index is 682. The van der Waals surface area contributed by atoms with E-state index in [2.05, 4.69) is 48.6 Å². The van der Waals surface area contributed by atoms with E-state index in [1.807, 2.05) is 0 Å². The van der Waals surface area contributed by atoms with Crippen LogP contribution in [0.25, 0.3) is 17.2 Å². The standard InChI is InChI=1S/C18H16O/c19-17-7-3-5-13-9-10-15-14-6-2-1-4-12(14)8-11-16(15)18(13)17/h1-6,9-10,17,19H,7-8,11H2. The van der Waals surface area contributed by atoms with Crippen molar-refractivity contribution >= 4 is 6.08 Å². The van der Waals surface area contributed by atoms with Crippen LogP contribution >= 0.6 is 0 Å². The van der Waals surface area contributed by atoms with Crippen molar-refractivity contribution in [2.75, 3.05) is 0 Å². The van der Waals surface area contributed by atoms with E-state index in [1.54, 1.807) is 0 Å². The predicted octanol–water partition coefficient (Wildman–Crippen LogP) is 3.90. The predicted molar refractivity (Wildman–Crippen MR) is 77.9 cm³/mol. The van der Waals surface area contributed by atoms with Gasteiger partial charge in [0.05, 0.1) is 6.10 Å². The van der Waals surface area contributed by atoms with Crippen LogP contribution in [0.15, 0.2) is 42.5 Å². The van der Waals surface area contributed by atoms with Crippen molar-refractivity contribution in [3.8, 4) is 11.1 Å². The molecule has 0 heterocycles. The maximum Gasteiger partial charge on any atom is 0.0833 e. The number of hydrogen-bond acceptors (Lipinski definition) is 1. The third-order valence-electron chi connectivity index (χ3n) is 4.33. The summed E-state index contributed by atoms with van der Waals surface area (Å²) < 4.78 is 0. The highest BCUT2D eigenvalue weighted by Gasteiger charge is 2.24. The zero-order valence-electron chi connectivity index (χ0n) is 10.8. The number of aliphatic hydroxyl groups excluding tert-OH is 1. The fourth-order valence-electron chi connectivity index (χ4n) is 3.45. The summed E-state index contributed by atoms with van der Waals surface area (Å²) in [7, 11) is 0. The van der Waals surface area contributed by atoms with E-state index in [4.69, 9.17) is 0 Å². The molecule has 2 aliphatic carbocycles. The highest BCUT2D eigenvalue weighted by molar-refractivity contribution is 5.77. The van der Waals surface area contributed by atoms with Crippen LogP contribution in [0.5, 0.6) is 0 Å². The van der Waals surface area contributed by atoms with Gasteiger partial charge in [-0.15, -0.1) is 0 Å². The van der Waals surface area contributed by atoms with Crippen LogP contribution < -0.4 is 0 Å². The molecule has 2 aliphatic rings. The van der Waals surface area contributed by atoms with Gasteiger partial charge >= 0.3 is 0 Å². The number of aliphatic hydroxyl groups is 1. The first kappa shape index (κ1) is 11.0. The molecule has 0 radical (unpaired) electrons. The van der Waals surface area contributed by atoms with E-state index in [9.17, 15) is 5.11 Å². The Labute approximate surface area is 113 Å². The van der Waals surface area contributed by atoms with Gasteiger partial charge in [0.2, 0.25) is 0 Å². The van der Waals surface area contributed by atoms with Gasteiger partial charge in [-0.3, -0.25) is 0 Å². The van der Waals surface area contributed by atoms with Gasteiger partial charge in [0, 0.05) is 0 Å². The Balaban J connectivity index is 2.00. The first-order valence-corrected chi connectivity index (χ1v) is 6.93. The fraction of sp³-hybridized carbons (Fsp3) is 0.222. The molecular weight excluding hydrogens is 232 g/mol. The summed E-state index contributed by atoms with van der Waals surface area (Å²) in [6.45, 7) is 0. The molecule has 0 spiro atoms. The molecule has 19 heavy (non-hydrogen) atoms. The monoisotopic (exact) mass is 248 g/mol. The quantitative estimate of drug-likeness (QED) is 0.749. The molecule has 4 rings (SSSR count). The lowest BCUT2D eigenvalue weighted by Crippen LogP contribution is -2.12. The second-order valence-electron chi connectivity index (χ2n) is 5.41. The smallest absolute Gasteiger partial charge is 0.0833 e. The van der Waals surface area contributed by atoms with Crippen molar-refractivity contribution < 1.29 is 5.11 Å². The molecule has 0 saturated carbocycles.